The number of thioether (sulfide) groups is 1. The average Bonchev–Trinajstić information content (AvgIpc) is 3.39. The van der Waals surface area contributed by atoms with Gasteiger partial charge in [0.1, 0.15) is 5.82 Å². The smallest absolute Gasteiger partial charge is 0.319 e. The molecule has 1 aromatic heterocycles. The number of rotatable bonds is 9. The number of nitrogens with zero attached hydrogens (tertiary/aromatic N) is 3. The molecule has 0 saturated heterocycles. The van der Waals surface area contributed by atoms with Gasteiger partial charge in [0.15, 0.2) is 11.0 Å². The molecule has 208 valence electrons. The number of aryl methyl sites for hydroxylation is 2. The van der Waals surface area contributed by atoms with Gasteiger partial charge in [0.05, 0.1) is 6.04 Å². The first-order chi connectivity index (χ1) is 19.9. The second-order valence-corrected chi connectivity index (χ2v) is 11.1. The molecule has 0 aliphatic rings. The Bertz CT molecular complexity index is 1630. The lowest BCUT2D eigenvalue weighted by atomic mass is 10.1. The van der Waals surface area contributed by atoms with Crippen LogP contribution in [0, 0.1) is 19.7 Å². The van der Waals surface area contributed by atoms with E-state index in [9.17, 15) is 9.18 Å². The Labute approximate surface area is 248 Å². The number of carbonyl (C=O) groups is 1. The molecule has 0 saturated carbocycles. The third kappa shape index (κ3) is 7.34. The van der Waals surface area contributed by atoms with Crippen LogP contribution in [0.15, 0.2) is 102 Å². The lowest BCUT2D eigenvalue weighted by Gasteiger charge is -2.21. The molecule has 0 radical (unpaired) electrons. The van der Waals surface area contributed by atoms with E-state index in [0.717, 1.165) is 27.9 Å². The van der Waals surface area contributed by atoms with Crippen molar-refractivity contribution in [1.82, 2.24) is 20.1 Å². The standard InChI is InChI=1S/C32H29ClFN5OS/c1-21-8-16-27(17-9-21)39-30(37-38-32(39)41-20-24-11-13-25(34)14-12-24)29(18-23-6-4-3-5-7-23)36-31(40)35-26-15-10-22(2)28(33)19-26/h3-17,19,29H,18,20H2,1-2H3,(H2,35,36,40)/t29-/m0/s1. The van der Waals surface area contributed by atoms with E-state index in [1.807, 2.05) is 85.1 Å². The fraction of sp³-hybridized carbons (Fsp3) is 0.156. The first-order valence-corrected chi connectivity index (χ1v) is 14.5. The van der Waals surface area contributed by atoms with Crippen LogP contribution in [0.2, 0.25) is 5.02 Å². The number of urea groups is 1. The summed E-state index contributed by atoms with van der Waals surface area (Å²) in [6.07, 6.45) is 0.496. The van der Waals surface area contributed by atoms with Gasteiger partial charge in [-0.15, -0.1) is 10.2 Å². The Morgan fingerprint density at radius 2 is 1.66 bits per heavy atom. The van der Waals surface area contributed by atoms with Gasteiger partial charge in [-0.25, -0.2) is 9.18 Å². The highest BCUT2D eigenvalue weighted by Gasteiger charge is 2.25. The average molecular weight is 586 g/mol. The molecule has 2 amide bonds. The van der Waals surface area contributed by atoms with Gasteiger partial charge in [0, 0.05) is 28.6 Å². The monoisotopic (exact) mass is 585 g/mol. The minimum absolute atomic E-state index is 0.273. The molecule has 41 heavy (non-hydrogen) atoms. The summed E-state index contributed by atoms with van der Waals surface area (Å²) in [6, 6.07) is 28.9. The maximum Gasteiger partial charge on any atom is 0.319 e. The van der Waals surface area contributed by atoms with Crippen LogP contribution in [0.1, 0.15) is 34.1 Å². The summed E-state index contributed by atoms with van der Waals surface area (Å²) in [5.74, 6) is 0.900. The van der Waals surface area contributed by atoms with E-state index in [1.165, 1.54) is 23.9 Å². The second-order valence-electron chi connectivity index (χ2n) is 9.73. The number of carbonyl (C=O) groups excluding carboxylic acids is 1. The highest BCUT2D eigenvalue weighted by atomic mass is 35.5. The van der Waals surface area contributed by atoms with Crippen LogP contribution in [0.25, 0.3) is 5.69 Å². The quantitative estimate of drug-likeness (QED) is 0.172. The molecule has 4 aromatic carbocycles. The highest BCUT2D eigenvalue weighted by molar-refractivity contribution is 7.98. The molecule has 0 unspecified atom stereocenters. The summed E-state index contributed by atoms with van der Waals surface area (Å²) in [4.78, 5) is 13.3. The third-order valence-corrected chi connectivity index (χ3v) is 7.97. The fourth-order valence-corrected chi connectivity index (χ4v) is 5.41. The van der Waals surface area contributed by atoms with E-state index in [1.54, 1.807) is 18.2 Å². The Hall–Kier alpha value is -4.14. The molecule has 0 spiro atoms. The number of aromatic nitrogens is 3. The molecule has 5 aromatic rings. The zero-order valence-electron chi connectivity index (χ0n) is 22.6. The lowest BCUT2D eigenvalue weighted by Crippen LogP contribution is -2.35. The van der Waals surface area contributed by atoms with Crippen molar-refractivity contribution < 1.29 is 9.18 Å². The minimum atomic E-state index is -0.507. The zero-order valence-corrected chi connectivity index (χ0v) is 24.2. The number of benzene rings is 4. The van der Waals surface area contributed by atoms with Crippen molar-refractivity contribution in [3.8, 4) is 5.69 Å². The van der Waals surface area contributed by atoms with Crippen molar-refractivity contribution in [2.75, 3.05) is 5.32 Å². The Morgan fingerprint density at radius 1 is 0.927 bits per heavy atom. The van der Waals surface area contributed by atoms with Crippen LogP contribution < -0.4 is 10.6 Å². The molecule has 2 N–H and O–H groups in total. The summed E-state index contributed by atoms with van der Waals surface area (Å²) in [5.41, 5.74) is 5.52. The van der Waals surface area contributed by atoms with Crippen LogP contribution in [0.5, 0.6) is 0 Å². The van der Waals surface area contributed by atoms with Crippen molar-refractivity contribution >= 4 is 35.1 Å². The van der Waals surface area contributed by atoms with Gasteiger partial charge in [-0.3, -0.25) is 4.57 Å². The molecular weight excluding hydrogens is 557 g/mol. The van der Waals surface area contributed by atoms with Gasteiger partial charge in [0.2, 0.25) is 0 Å². The van der Waals surface area contributed by atoms with Crippen LogP contribution in [0.4, 0.5) is 14.9 Å². The normalized spacial score (nSPS) is 11.7. The number of nitrogens with one attached hydrogen (secondary N) is 2. The third-order valence-electron chi connectivity index (χ3n) is 6.56. The van der Waals surface area contributed by atoms with Crippen molar-refractivity contribution in [2.45, 2.75) is 37.2 Å². The SMILES string of the molecule is Cc1ccc(-n2c(SCc3ccc(F)cc3)nnc2[C@H](Cc2ccccc2)NC(=O)Nc2ccc(C)c(Cl)c2)cc1. The number of amides is 2. The number of halogens is 2. The maximum atomic E-state index is 13.4. The van der Waals surface area contributed by atoms with Crippen LogP contribution >= 0.6 is 23.4 Å². The summed E-state index contributed by atoms with van der Waals surface area (Å²) >= 11 is 7.77. The molecule has 0 aliphatic carbocycles. The predicted molar refractivity (Wildman–Crippen MR) is 163 cm³/mol. The molecule has 0 bridgehead atoms. The predicted octanol–water partition coefficient (Wildman–Crippen LogP) is 8.07. The second kappa shape index (κ2) is 13.0. The Balaban J connectivity index is 1.49. The highest BCUT2D eigenvalue weighted by Crippen LogP contribution is 2.29. The molecule has 5 rings (SSSR count). The summed E-state index contributed by atoms with van der Waals surface area (Å²) in [7, 11) is 0. The topological polar surface area (TPSA) is 71.8 Å². The van der Waals surface area contributed by atoms with E-state index >= 15 is 0 Å². The summed E-state index contributed by atoms with van der Waals surface area (Å²) in [5, 5.41) is 16.4. The van der Waals surface area contributed by atoms with Gasteiger partial charge in [-0.2, -0.15) is 0 Å². The number of hydrogen-bond donors (Lipinski definition) is 2. The van der Waals surface area contributed by atoms with E-state index in [2.05, 4.69) is 20.8 Å². The molecule has 0 fully saturated rings. The molecule has 0 aliphatic heterocycles. The van der Waals surface area contributed by atoms with Crippen LogP contribution in [-0.2, 0) is 12.2 Å². The number of anilines is 1. The first kappa shape index (κ1) is 28.4. The van der Waals surface area contributed by atoms with Gasteiger partial charge >= 0.3 is 6.03 Å². The minimum Gasteiger partial charge on any atom is -0.327 e. The molecular formula is C32H29ClFN5OS. The molecule has 9 heteroatoms. The van der Waals surface area contributed by atoms with Gasteiger partial charge in [-0.1, -0.05) is 89.6 Å². The fourth-order valence-electron chi connectivity index (χ4n) is 4.32. The van der Waals surface area contributed by atoms with Gasteiger partial charge in [0.25, 0.3) is 0 Å². The van der Waals surface area contributed by atoms with E-state index in [-0.39, 0.29) is 11.8 Å². The van der Waals surface area contributed by atoms with E-state index in [0.29, 0.717) is 33.9 Å². The van der Waals surface area contributed by atoms with E-state index < -0.39 is 6.04 Å². The van der Waals surface area contributed by atoms with Crippen molar-refractivity contribution in [1.29, 1.82) is 0 Å². The van der Waals surface area contributed by atoms with Gasteiger partial charge < -0.3 is 10.6 Å². The largest absolute Gasteiger partial charge is 0.327 e. The lowest BCUT2D eigenvalue weighted by molar-refractivity contribution is 0.247. The maximum absolute atomic E-state index is 13.4. The van der Waals surface area contributed by atoms with Crippen LogP contribution in [0.3, 0.4) is 0 Å². The number of hydrogen-bond acceptors (Lipinski definition) is 4. The van der Waals surface area contributed by atoms with E-state index in [4.69, 9.17) is 11.6 Å². The zero-order chi connectivity index (χ0) is 28.8. The Kier molecular flexibility index (Phi) is 9.01. The van der Waals surface area contributed by atoms with Crippen molar-refractivity contribution in [2.24, 2.45) is 0 Å². The first-order valence-electron chi connectivity index (χ1n) is 13.1. The van der Waals surface area contributed by atoms with Gasteiger partial charge in [-0.05, 0) is 66.9 Å². The van der Waals surface area contributed by atoms with Crippen molar-refractivity contribution in [3.05, 3.63) is 136 Å². The van der Waals surface area contributed by atoms with Crippen LogP contribution in [-0.4, -0.2) is 20.8 Å². The molecule has 1 heterocycles. The summed E-state index contributed by atoms with van der Waals surface area (Å²) in [6.45, 7) is 3.94. The summed E-state index contributed by atoms with van der Waals surface area (Å²) < 4.78 is 15.4. The Morgan fingerprint density at radius 3 is 2.37 bits per heavy atom. The van der Waals surface area contributed by atoms with Crippen molar-refractivity contribution in [3.63, 3.8) is 0 Å². The molecule has 6 nitrogen and oxygen atoms in total. The molecule has 1 atom stereocenters.